The molecular weight excluding hydrogens is 312 g/mol. The van der Waals surface area contributed by atoms with E-state index < -0.39 is 0 Å². The van der Waals surface area contributed by atoms with Crippen molar-refractivity contribution in [1.29, 1.82) is 0 Å². The number of likely N-dealkylation sites (N-methyl/N-ethyl adjacent to an activating group) is 1. The van der Waals surface area contributed by atoms with Crippen LogP contribution in [0, 0.1) is 5.92 Å². The van der Waals surface area contributed by atoms with Gasteiger partial charge in [0, 0.05) is 37.7 Å². The summed E-state index contributed by atoms with van der Waals surface area (Å²) in [5, 5.41) is 0. The third kappa shape index (κ3) is 3.28. The largest absolute Gasteiger partial charge is 0.341 e. The minimum absolute atomic E-state index is 0.130. The topological polar surface area (TPSA) is 40.6 Å². The van der Waals surface area contributed by atoms with Gasteiger partial charge in [-0.3, -0.25) is 9.59 Å². The van der Waals surface area contributed by atoms with E-state index in [0.29, 0.717) is 18.4 Å². The highest BCUT2D eigenvalue weighted by molar-refractivity contribution is 6.10. The molecule has 4 aliphatic rings. The minimum atomic E-state index is 0.130. The molecule has 132 valence electrons. The maximum Gasteiger partial charge on any atom is 0.227 e. The van der Waals surface area contributed by atoms with Gasteiger partial charge in [0.05, 0.1) is 6.42 Å². The zero-order chi connectivity index (χ0) is 17.4. The van der Waals surface area contributed by atoms with E-state index in [1.165, 1.54) is 12.8 Å². The number of amides is 1. The Kier molecular flexibility index (Phi) is 4.46. The second-order valence-corrected chi connectivity index (χ2v) is 7.76. The Hall–Kier alpha value is -1.94. The molecule has 2 atom stereocenters. The van der Waals surface area contributed by atoms with Crippen LogP contribution in [0.4, 0.5) is 0 Å². The number of fused-ring (bicyclic) bond motifs is 4. The van der Waals surface area contributed by atoms with Crippen molar-refractivity contribution >= 4 is 17.3 Å². The van der Waals surface area contributed by atoms with Crippen molar-refractivity contribution in [2.45, 2.75) is 38.1 Å². The van der Waals surface area contributed by atoms with Crippen molar-refractivity contribution in [2.24, 2.45) is 5.92 Å². The van der Waals surface area contributed by atoms with Crippen LogP contribution in [0.3, 0.4) is 0 Å². The summed E-state index contributed by atoms with van der Waals surface area (Å²) in [5.74, 6) is 0.863. The van der Waals surface area contributed by atoms with E-state index in [0.717, 1.165) is 42.8 Å². The Labute approximate surface area is 149 Å². The van der Waals surface area contributed by atoms with Crippen molar-refractivity contribution in [3.63, 3.8) is 0 Å². The van der Waals surface area contributed by atoms with Gasteiger partial charge in [-0.25, -0.2) is 0 Å². The number of hydrogen-bond acceptors (Lipinski definition) is 3. The first kappa shape index (κ1) is 16.5. The van der Waals surface area contributed by atoms with Crippen molar-refractivity contribution in [3.05, 3.63) is 41.5 Å². The first-order chi connectivity index (χ1) is 12.1. The number of hydrogen-bond donors (Lipinski definition) is 0. The van der Waals surface area contributed by atoms with Gasteiger partial charge in [0.1, 0.15) is 0 Å². The normalized spacial score (nSPS) is 27.1. The number of allylic oxidation sites excluding steroid dienone is 1. The first-order valence-electron chi connectivity index (χ1n) is 9.40. The van der Waals surface area contributed by atoms with E-state index in [9.17, 15) is 9.59 Å². The van der Waals surface area contributed by atoms with Gasteiger partial charge in [0.15, 0.2) is 5.78 Å². The molecule has 0 aromatic heterocycles. The van der Waals surface area contributed by atoms with Gasteiger partial charge in [0.2, 0.25) is 5.91 Å². The zero-order valence-corrected chi connectivity index (χ0v) is 14.9. The lowest BCUT2D eigenvalue weighted by Gasteiger charge is -2.32. The van der Waals surface area contributed by atoms with Crippen molar-refractivity contribution < 1.29 is 9.59 Å². The molecular formula is C21H26N2O2. The highest BCUT2D eigenvalue weighted by Crippen LogP contribution is 2.34. The van der Waals surface area contributed by atoms with Crippen LogP contribution in [0.1, 0.15) is 37.7 Å². The molecule has 1 aliphatic carbocycles. The predicted octanol–water partition coefficient (Wildman–Crippen LogP) is 2.75. The molecule has 3 heterocycles. The van der Waals surface area contributed by atoms with E-state index in [1.807, 2.05) is 35.2 Å². The summed E-state index contributed by atoms with van der Waals surface area (Å²) in [6.45, 7) is 2.75. The number of piperidine rings is 1. The fourth-order valence-electron chi connectivity index (χ4n) is 4.65. The van der Waals surface area contributed by atoms with Crippen LogP contribution in [0.25, 0.3) is 5.57 Å². The molecule has 4 nitrogen and oxygen atoms in total. The predicted molar refractivity (Wildman–Crippen MR) is 97.9 cm³/mol. The fraction of sp³-hybridized carbons (Fsp3) is 0.524. The molecule has 0 spiro atoms. The van der Waals surface area contributed by atoms with Crippen LogP contribution in [0.15, 0.2) is 35.9 Å². The Balaban J connectivity index is 1.54. The quantitative estimate of drug-likeness (QED) is 0.851. The number of Topliss-reactive ketones (excluding diaryl/α,β-unsaturated/α-hetero) is 1. The molecule has 2 bridgehead atoms. The zero-order valence-electron chi connectivity index (χ0n) is 14.9. The molecule has 5 rings (SSSR count). The molecule has 4 heteroatoms. The van der Waals surface area contributed by atoms with E-state index >= 15 is 0 Å². The summed E-state index contributed by atoms with van der Waals surface area (Å²) >= 11 is 0. The molecule has 3 fully saturated rings. The molecule has 3 aliphatic heterocycles. The minimum Gasteiger partial charge on any atom is -0.341 e. The van der Waals surface area contributed by atoms with Crippen molar-refractivity contribution in [2.75, 3.05) is 26.7 Å². The maximum atomic E-state index is 13.0. The third-order valence-electron chi connectivity index (χ3n) is 6.09. The molecule has 25 heavy (non-hydrogen) atoms. The molecule has 0 unspecified atom stereocenters. The number of benzene rings is 1. The van der Waals surface area contributed by atoms with Crippen LogP contribution in [-0.4, -0.2) is 54.2 Å². The second kappa shape index (κ2) is 6.75. The highest BCUT2D eigenvalue weighted by Gasteiger charge is 2.35. The first-order valence-corrected chi connectivity index (χ1v) is 9.40. The molecule has 0 radical (unpaired) electrons. The lowest BCUT2D eigenvalue weighted by atomic mass is 9.96. The van der Waals surface area contributed by atoms with Crippen LogP contribution < -0.4 is 0 Å². The van der Waals surface area contributed by atoms with E-state index in [1.54, 1.807) is 0 Å². The Morgan fingerprint density at radius 2 is 1.88 bits per heavy atom. The number of ketones is 1. The number of rotatable bonds is 3. The van der Waals surface area contributed by atoms with E-state index in [-0.39, 0.29) is 18.1 Å². The summed E-state index contributed by atoms with van der Waals surface area (Å²) in [6.07, 6.45) is 3.98. The molecule has 0 N–H and O–H groups in total. The van der Waals surface area contributed by atoms with Gasteiger partial charge in [-0.05, 0) is 43.4 Å². The summed E-state index contributed by atoms with van der Waals surface area (Å²) < 4.78 is 0. The average Bonchev–Trinajstić information content (AvgIpc) is 2.79. The van der Waals surface area contributed by atoms with Crippen LogP contribution in [-0.2, 0) is 9.59 Å². The van der Waals surface area contributed by atoms with Gasteiger partial charge in [-0.15, -0.1) is 0 Å². The summed E-state index contributed by atoms with van der Waals surface area (Å²) in [7, 11) is 2.17. The number of carbonyl (C=O) groups is 2. The third-order valence-corrected chi connectivity index (χ3v) is 6.09. The Morgan fingerprint density at radius 1 is 1.08 bits per heavy atom. The fourth-order valence-corrected chi connectivity index (χ4v) is 4.65. The second-order valence-electron chi connectivity index (χ2n) is 7.76. The van der Waals surface area contributed by atoms with E-state index in [2.05, 4.69) is 11.9 Å². The number of nitrogens with zero attached hydrogens (tertiary/aromatic N) is 2. The molecule has 0 saturated carbocycles. The molecule has 3 saturated heterocycles. The smallest absolute Gasteiger partial charge is 0.227 e. The lowest BCUT2D eigenvalue weighted by molar-refractivity contribution is -0.131. The summed E-state index contributed by atoms with van der Waals surface area (Å²) in [5.41, 5.74) is 2.92. The van der Waals surface area contributed by atoms with Gasteiger partial charge in [0.25, 0.3) is 0 Å². The van der Waals surface area contributed by atoms with Crippen molar-refractivity contribution in [3.8, 4) is 0 Å². The molecule has 1 amide bonds. The Bertz CT molecular complexity index is 710. The SMILES string of the molecule is CN1C[C@H]2CC[C@@H]1CN(C(=O)CC1=C(c3ccccc3)CCC1=O)C2. The van der Waals surface area contributed by atoms with Crippen LogP contribution >= 0.6 is 0 Å². The van der Waals surface area contributed by atoms with Gasteiger partial charge in [-0.2, -0.15) is 0 Å². The molecule has 1 aromatic carbocycles. The monoisotopic (exact) mass is 338 g/mol. The summed E-state index contributed by atoms with van der Waals surface area (Å²) in [4.78, 5) is 29.8. The van der Waals surface area contributed by atoms with Crippen molar-refractivity contribution in [1.82, 2.24) is 9.80 Å². The highest BCUT2D eigenvalue weighted by atomic mass is 16.2. The van der Waals surface area contributed by atoms with Gasteiger partial charge in [-0.1, -0.05) is 30.3 Å². The summed E-state index contributed by atoms with van der Waals surface area (Å²) in [6, 6.07) is 10.5. The number of carbonyl (C=O) groups excluding carboxylic acids is 2. The van der Waals surface area contributed by atoms with Gasteiger partial charge >= 0.3 is 0 Å². The average molecular weight is 338 g/mol. The lowest BCUT2D eigenvalue weighted by Crippen LogP contribution is -2.42. The Morgan fingerprint density at radius 3 is 2.64 bits per heavy atom. The maximum absolute atomic E-state index is 13.0. The van der Waals surface area contributed by atoms with Crippen LogP contribution in [0.5, 0.6) is 0 Å². The molecule has 1 aromatic rings. The van der Waals surface area contributed by atoms with E-state index in [4.69, 9.17) is 0 Å². The standard InChI is InChI=1S/C21H26N2O2/c1-22-12-15-7-8-17(22)14-23(13-15)21(25)11-19-18(9-10-20(19)24)16-5-3-2-4-6-16/h2-6,15,17H,7-14H2,1H3/t15-,17-/m1/s1. The van der Waals surface area contributed by atoms with Crippen LogP contribution in [0.2, 0.25) is 0 Å². The van der Waals surface area contributed by atoms with Gasteiger partial charge < -0.3 is 9.80 Å².